The second kappa shape index (κ2) is 8.57. The summed E-state index contributed by atoms with van der Waals surface area (Å²) < 4.78 is 0. The number of halogens is 1. The molecule has 0 radical (unpaired) electrons. The fourth-order valence-corrected chi connectivity index (χ4v) is 4.65. The highest BCUT2D eigenvalue weighted by Gasteiger charge is 2.31. The van der Waals surface area contributed by atoms with Crippen molar-refractivity contribution in [2.75, 3.05) is 18.5 Å². The number of rotatable bonds is 6. The molecule has 1 atom stereocenters. The third-order valence-electron chi connectivity index (χ3n) is 5.93. The van der Waals surface area contributed by atoms with Crippen LogP contribution in [-0.2, 0) is 22.4 Å². The molecule has 154 valence electrons. The van der Waals surface area contributed by atoms with Gasteiger partial charge in [-0.25, -0.2) is 0 Å². The van der Waals surface area contributed by atoms with Crippen molar-refractivity contribution in [2.45, 2.75) is 57.9 Å². The summed E-state index contributed by atoms with van der Waals surface area (Å²) in [6.45, 7) is 2.92. The third kappa shape index (κ3) is 4.04. The Morgan fingerprint density at radius 1 is 1.24 bits per heavy atom. The largest absolute Gasteiger partial charge is 0.367 e. The molecule has 1 aliphatic carbocycles. The number of aromatic nitrogens is 1. The van der Waals surface area contributed by atoms with Gasteiger partial charge in [0.1, 0.15) is 6.04 Å². The Balaban J connectivity index is 1.52. The van der Waals surface area contributed by atoms with Gasteiger partial charge in [-0.3, -0.25) is 14.6 Å². The molecule has 1 aliphatic heterocycles. The highest BCUT2D eigenvalue weighted by atomic mass is 35.5. The Morgan fingerprint density at radius 3 is 2.83 bits per heavy atom. The van der Waals surface area contributed by atoms with E-state index in [0.29, 0.717) is 31.1 Å². The molecule has 7 heteroatoms. The van der Waals surface area contributed by atoms with Gasteiger partial charge in [0.15, 0.2) is 0 Å². The zero-order chi connectivity index (χ0) is 20.4. The number of nitrogens with one attached hydrogen (secondary N) is 2. The van der Waals surface area contributed by atoms with Crippen molar-refractivity contribution < 1.29 is 9.59 Å². The van der Waals surface area contributed by atoms with E-state index in [1.165, 1.54) is 5.56 Å². The van der Waals surface area contributed by atoms with Crippen LogP contribution in [-0.4, -0.2) is 41.0 Å². The van der Waals surface area contributed by atoms with Crippen LogP contribution < -0.4 is 10.6 Å². The van der Waals surface area contributed by atoms with Gasteiger partial charge in [-0.1, -0.05) is 18.5 Å². The number of anilines is 1. The Kier molecular flexibility index (Phi) is 5.90. The quantitative estimate of drug-likeness (QED) is 0.707. The van der Waals surface area contributed by atoms with Gasteiger partial charge in [0, 0.05) is 34.8 Å². The molecular formula is C22H27ClN4O2. The van der Waals surface area contributed by atoms with Crippen LogP contribution in [0.3, 0.4) is 0 Å². The monoisotopic (exact) mass is 414 g/mol. The number of hydrogen-bond acceptors (Lipinski definition) is 4. The minimum atomic E-state index is -0.395. The van der Waals surface area contributed by atoms with Crippen LogP contribution in [0.1, 0.15) is 50.3 Å². The number of hydrogen-bond donors (Lipinski definition) is 2. The topological polar surface area (TPSA) is 74.3 Å². The van der Waals surface area contributed by atoms with E-state index in [1.54, 1.807) is 4.90 Å². The van der Waals surface area contributed by atoms with Crippen molar-refractivity contribution in [3.63, 3.8) is 0 Å². The summed E-state index contributed by atoms with van der Waals surface area (Å²) in [6, 6.07) is 5.36. The molecule has 1 unspecified atom stereocenters. The van der Waals surface area contributed by atoms with E-state index in [2.05, 4.69) is 10.6 Å². The zero-order valence-corrected chi connectivity index (χ0v) is 17.5. The number of likely N-dealkylation sites (tertiary alicyclic amines) is 1. The van der Waals surface area contributed by atoms with Crippen molar-refractivity contribution >= 4 is 40.0 Å². The van der Waals surface area contributed by atoms with E-state index in [-0.39, 0.29) is 11.8 Å². The summed E-state index contributed by atoms with van der Waals surface area (Å²) in [5.41, 5.74) is 4.27. The molecular weight excluding hydrogens is 388 g/mol. The highest BCUT2D eigenvalue weighted by Crippen LogP contribution is 2.34. The van der Waals surface area contributed by atoms with Gasteiger partial charge in [-0.2, -0.15) is 0 Å². The molecule has 6 nitrogen and oxygen atoms in total. The van der Waals surface area contributed by atoms with Crippen LogP contribution in [0.2, 0.25) is 5.02 Å². The molecule has 0 bridgehead atoms. The molecule has 1 saturated heterocycles. The lowest BCUT2D eigenvalue weighted by Crippen LogP contribution is -2.48. The van der Waals surface area contributed by atoms with Crippen LogP contribution in [0.4, 0.5) is 5.69 Å². The van der Waals surface area contributed by atoms with Gasteiger partial charge in [0.25, 0.3) is 0 Å². The predicted molar refractivity (Wildman–Crippen MR) is 115 cm³/mol. The number of carbonyl (C=O) groups excluding carboxylic acids is 2. The molecule has 1 fully saturated rings. The molecule has 1 aromatic carbocycles. The minimum Gasteiger partial charge on any atom is -0.367 e. The van der Waals surface area contributed by atoms with Gasteiger partial charge in [0.2, 0.25) is 11.8 Å². The molecule has 29 heavy (non-hydrogen) atoms. The maximum Gasteiger partial charge on any atom is 0.244 e. The smallest absolute Gasteiger partial charge is 0.244 e. The molecule has 2 aliphatic rings. The minimum absolute atomic E-state index is 0.0750. The zero-order valence-electron chi connectivity index (χ0n) is 16.8. The SMILES string of the molecule is CCC(C(=O)NCNc1c2c(nc3cc(Cl)ccc13)CCCC2)N1CCCC1=O. The van der Waals surface area contributed by atoms with E-state index in [0.717, 1.165) is 54.4 Å². The van der Waals surface area contributed by atoms with E-state index in [1.807, 2.05) is 25.1 Å². The number of aryl methyl sites for hydroxylation is 1. The number of benzene rings is 1. The average molecular weight is 415 g/mol. The van der Waals surface area contributed by atoms with Crippen LogP contribution in [0, 0.1) is 0 Å². The number of carbonyl (C=O) groups is 2. The van der Waals surface area contributed by atoms with E-state index >= 15 is 0 Å². The Morgan fingerprint density at radius 2 is 2.07 bits per heavy atom. The van der Waals surface area contributed by atoms with Gasteiger partial charge in [-0.15, -0.1) is 0 Å². The Labute approximate surface area is 176 Å². The highest BCUT2D eigenvalue weighted by molar-refractivity contribution is 6.31. The van der Waals surface area contributed by atoms with Crippen molar-refractivity contribution in [2.24, 2.45) is 0 Å². The summed E-state index contributed by atoms with van der Waals surface area (Å²) in [6.07, 6.45) is 6.22. The van der Waals surface area contributed by atoms with E-state index in [9.17, 15) is 9.59 Å². The Hall–Kier alpha value is -2.34. The van der Waals surface area contributed by atoms with Gasteiger partial charge < -0.3 is 15.5 Å². The molecule has 2 heterocycles. The standard InChI is InChI=1S/C22H27ClN4O2/c1-2-19(27-11-5-8-20(27)28)22(29)25-13-24-21-15-6-3-4-7-17(15)26-18-12-14(23)9-10-16(18)21/h9-10,12,19H,2-8,11,13H2,1H3,(H,24,26)(H,25,29). The first-order valence-electron chi connectivity index (χ1n) is 10.5. The van der Waals surface area contributed by atoms with Crippen LogP contribution in [0.5, 0.6) is 0 Å². The van der Waals surface area contributed by atoms with Gasteiger partial charge in [-0.05, 0) is 62.3 Å². The summed E-state index contributed by atoms with van der Waals surface area (Å²) >= 11 is 6.18. The normalized spacial score (nSPS) is 17.3. The fourth-order valence-electron chi connectivity index (χ4n) is 4.48. The van der Waals surface area contributed by atoms with Crippen molar-refractivity contribution in [1.82, 2.24) is 15.2 Å². The number of fused-ring (bicyclic) bond motifs is 2. The lowest BCUT2D eigenvalue weighted by atomic mass is 9.93. The summed E-state index contributed by atoms with van der Waals surface area (Å²) in [5, 5.41) is 8.09. The number of pyridine rings is 1. The second-order valence-corrected chi connectivity index (χ2v) is 8.23. The fraction of sp³-hybridized carbons (Fsp3) is 0.500. The molecule has 0 saturated carbocycles. The average Bonchev–Trinajstić information content (AvgIpc) is 3.13. The first-order chi connectivity index (χ1) is 14.1. The van der Waals surface area contributed by atoms with Crippen molar-refractivity contribution in [3.8, 4) is 0 Å². The lowest BCUT2D eigenvalue weighted by Gasteiger charge is -2.26. The molecule has 4 rings (SSSR count). The van der Waals surface area contributed by atoms with Gasteiger partial charge in [0.05, 0.1) is 12.2 Å². The first-order valence-corrected chi connectivity index (χ1v) is 10.9. The molecule has 2 aromatic rings. The lowest BCUT2D eigenvalue weighted by molar-refractivity contribution is -0.137. The molecule has 2 amide bonds. The predicted octanol–water partition coefficient (Wildman–Crippen LogP) is 3.65. The van der Waals surface area contributed by atoms with Crippen molar-refractivity contribution in [1.29, 1.82) is 0 Å². The van der Waals surface area contributed by atoms with E-state index < -0.39 is 6.04 Å². The molecule has 1 aromatic heterocycles. The Bertz CT molecular complexity index is 946. The van der Waals surface area contributed by atoms with Crippen molar-refractivity contribution in [3.05, 3.63) is 34.5 Å². The summed E-state index contributed by atoms with van der Waals surface area (Å²) in [4.78, 5) is 31.3. The van der Waals surface area contributed by atoms with Crippen LogP contribution >= 0.6 is 11.6 Å². The summed E-state index contributed by atoms with van der Waals surface area (Å²) in [5.74, 6) is -0.0310. The second-order valence-electron chi connectivity index (χ2n) is 7.79. The van der Waals surface area contributed by atoms with Crippen LogP contribution in [0.15, 0.2) is 18.2 Å². The first kappa shape index (κ1) is 20.0. The van der Waals surface area contributed by atoms with Gasteiger partial charge >= 0.3 is 0 Å². The van der Waals surface area contributed by atoms with Crippen LogP contribution in [0.25, 0.3) is 10.9 Å². The number of amides is 2. The van der Waals surface area contributed by atoms with E-state index in [4.69, 9.17) is 16.6 Å². The third-order valence-corrected chi connectivity index (χ3v) is 6.16. The maximum atomic E-state index is 12.7. The summed E-state index contributed by atoms with van der Waals surface area (Å²) in [7, 11) is 0. The maximum absolute atomic E-state index is 12.7. The molecule has 2 N–H and O–H groups in total. The molecule has 0 spiro atoms. The number of nitrogens with zero attached hydrogens (tertiary/aromatic N) is 2.